The summed E-state index contributed by atoms with van der Waals surface area (Å²) in [7, 11) is 3.34. The second-order valence-electron chi connectivity index (χ2n) is 7.20. The minimum Gasteiger partial charge on any atom is -0.497 e. The fourth-order valence-electron chi connectivity index (χ4n) is 4.20. The van der Waals surface area contributed by atoms with Gasteiger partial charge in [0.25, 0.3) is 0 Å². The van der Waals surface area contributed by atoms with Crippen molar-refractivity contribution < 1.29 is 14.0 Å². The van der Waals surface area contributed by atoms with E-state index in [1.807, 2.05) is 38.2 Å². The fraction of sp³-hybridized carbons (Fsp3) is 0.429. The highest BCUT2D eigenvalue weighted by molar-refractivity contribution is 5.71. The summed E-state index contributed by atoms with van der Waals surface area (Å²) in [6.07, 6.45) is 4.17. The summed E-state index contributed by atoms with van der Waals surface area (Å²) in [6, 6.07) is 6.11. The highest BCUT2D eigenvalue weighted by Gasteiger charge is 2.31. The zero-order valence-corrected chi connectivity index (χ0v) is 16.8. The second kappa shape index (κ2) is 7.67. The minimum atomic E-state index is 0.321. The van der Waals surface area contributed by atoms with E-state index in [0.29, 0.717) is 6.04 Å². The number of ether oxygens (including phenoxy) is 2. The molecular formula is C21H26N4O3. The van der Waals surface area contributed by atoms with Gasteiger partial charge in [-0.2, -0.15) is 5.10 Å². The molecule has 1 aromatic carbocycles. The van der Waals surface area contributed by atoms with Crippen LogP contribution in [0.2, 0.25) is 0 Å². The number of benzene rings is 1. The van der Waals surface area contributed by atoms with E-state index in [0.717, 1.165) is 65.7 Å². The van der Waals surface area contributed by atoms with Crippen LogP contribution in [0.5, 0.6) is 11.5 Å². The minimum absolute atomic E-state index is 0.321. The quantitative estimate of drug-likeness (QED) is 0.693. The third-order valence-electron chi connectivity index (χ3n) is 5.55. The molecular weight excluding hydrogens is 356 g/mol. The first-order chi connectivity index (χ1) is 13.6. The SMILES string of the molecule is COc1ccc(OC)c(-c2[nH]ncc2CN2CCC[C@H]2c2c(C)noc2C)c1. The van der Waals surface area contributed by atoms with Crippen molar-refractivity contribution in [2.24, 2.45) is 0 Å². The number of aromatic amines is 1. The molecule has 1 aliphatic rings. The predicted molar refractivity (Wildman–Crippen MR) is 105 cm³/mol. The van der Waals surface area contributed by atoms with Gasteiger partial charge in [-0.25, -0.2) is 0 Å². The summed E-state index contributed by atoms with van der Waals surface area (Å²) in [5.74, 6) is 2.48. The van der Waals surface area contributed by atoms with Crippen molar-refractivity contribution in [1.29, 1.82) is 0 Å². The maximum Gasteiger partial charge on any atom is 0.138 e. The van der Waals surface area contributed by atoms with E-state index in [4.69, 9.17) is 14.0 Å². The van der Waals surface area contributed by atoms with Crippen LogP contribution in [-0.4, -0.2) is 41.0 Å². The maximum atomic E-state index is 5.57. The molecule has 1 saturated heterocycles. The molecule has 0 bridgehead atoms. The largest absolute Gasteiger partial charge is 0.497 e. The van der Waals surface area contributed by atoms with Crippen molar-refractivity contribution in [2.75, 3.05) is 20.8 Å². The van der Waals surface area contributed by atoms with Crippen molar-refractivity contribution in [3.05, 3.63) is 47.0 Å². The average Bonchev–Trinajstić information content (AvgIpc) is 3.43. The molecule has 4 rings (SSSR count). The third-order valence-corrected chi connectivity index (χ3v) is 5.55. The number of nitrogens with zero attached hydrogens (tertiary/aromatic N) is 3. The van der Waals surface area contributed by atoms with E-state index >= 15 is 0 Å². The number of methoxy groups -OCH3 is 2. The lowest BCUT2D eigenvalue weighted by atomic mass is 10.0. The number of aromatic nitrogens is 3. The normalized spacial score (nSPS) is 17.2. The zero-order chi connectivity index (χ0) is 19.7. The molecule has 7 nitrogen and oxygen atoms in total. The van der Waals surface area contributed by atoms with Crippen molar-refractivity contribution in [2.45, 2.75) is 39.3 Å². The third kappa shape index (κ3) is 3.26. The molecule has 0 radical (unpaired) electrons. The Morgan fingerprint density at radius 3 is 2.82 bits per heavy atom. The van der Waals surface area contributed by atoms with E-state index < -0.39 is 0 Å². The Bertz CT molecular complexity index is 943. The molecule has 1 aliphatic heterocycles. The Morgan fingerprint density at radius 1 is 1.25 bits per heavy atom. The molecule has 148 valence electrons. The molecule has 7 heteroatoms. The van der Waals surface area contributed by atoms with Crippen LogP contribution in [0.25, 0.3) is 11.3 Å². The molecule has 3 aromatic rings. The molecule has 1 atom stereocenters. The smallest absolute Gasteiger partial charge is 0.138 e. The lowest BCUT2D eigenvalue weighted by Gasteiger charge is -2.24. The first kappa shape index (κ1) is 18.6. The van der Waals surface area contributed by atoms with E-state index in [-0.39, 0.29) is 0 Å². The van der Waals surface area contributed by atoms with Crippen LogP contribution >= 0.6 is 0 Å². The van der Waals surface area contributed by atoms with Crippen LogP contribution in [-0.2, 0) is 6.54 Å². The number of hydrogen-bond donors (Lipinski definition) is 1. The summed E-state index contributed by atoms with van der Waals surface area (Å²) in [4.78, 5) is 2.48. The summed E-state index contributed by atoms with van der Waals surface area (Å²) in [5, 5.41) is 11.6. The van der Waals surface area contributed by atoms with Crippen LogP contribution in [0.1, 0.15) is 41.5 Å². The molecule has 0 saturated carbocycles. The number of H-pyrrole nitrogens is 1. The fourth-order valence-corrected chi connectivity index (χ4v) is 4.20. The molecule has 1 N–H and O–H groups in total. The van der Waals surface area contributed by atoms with Gasteiger partial charge in [-0.05, 0) is 51.4 Å². The highest BCUT2D eigenvalue weighted by Crippen LogP contribution is 2.39. The molecule has 0 spiro atoms. The Morgan fingerprint density at radius 2 is 2.11 bits per heavy atom. The molecule has 0 aliphatic carbocycles. The summed E-state index contributed by atoms with van der Waals surface area (Å²) in [5.41, 5.74) is 5.24. The monoisotopic (exact) mass is 382 g/mol. The van der Waals surface area contributed by atoms with Gasteiger partial charge in [-0.3, -0.25) is 10.00 Å². The van der Waals surface area contributed by atoms with Gasteiger partial charge in [0.15, 0.2) is 0 Å². The molecule has 0 amide bonds. The number of likely N-dealkylation sites (tertiary alicyclic amines) is 1. The topological polar surface area (TPSA) is 76.4 Å². The predicted octanol–water partition coefficient (Wildman–Crippen LogP) is 4.04. The average molecular weight is 382 g/mol. The van der Waals surface area contributed by atoms with Gasteiger partial charge in [0.05, 0.1) is 31.8 Å². The van der Waals surface area contributed by atoms with E-state index in [2.05, 4.69) is 20.3 Å². The summed E-state index contributed by atoms with van der Waals surface area (Å²) >= 11 is 0. The molecule has 3 heterocycles. The Labute approximate surface area is 164 Å². The Balaban J connectivity index is 1.65. The number of aryl methyl sites for hydroxylation is 2. The zero-order valence-electron chi connectivity index (χ0n) is 16.8. The van der Waals surface area contributed by atoms with E-state index in [1.165, 1.54) is 5.56 Å². The molecule has 0 unspecified atom stereocenters. The van der Waals surface area contributed by atoms with Crippen molar-refractivity contribution >= 4 is 0 Å². The van der Waals surface area contributed by atoms with Gasteiger partial charge in [0, 0.05) is 29.3 Å². The molecule has 1 fully saturated rings. The highest BCUT2D eigenvalue weighted by atomic mass is 16.5. The van der Waals surface area contributed by atoms with Gasteiger partial charge < -0.3 is 14.0 Å². The first-order valence-corrected chi connectivity index (χ1v) is 9.53. The lowest BCUT2D eigenvalue weighted by molar-refractivity contribution is 0.246. The molecule has 28 heavy (non-hydrogen) atoms. The maximum absolute atomic E-state index is 5.57. The van der Waals surface area contributed by atoms with Gasteiger partial charge in [0.2, 0.25) is 0 Å². The number of rotatable bonds is 6. The van der Waals surface area contributed by atoms with E-state index in [9.17, 15) is 0 Å². The second-order valence-corrected chi connectivity index (χ2v) is 7.20. The Kier molecular flexibility index (Phi) is 5.09. The first-order valence-electron chi connectivity index (χ1n) is 9.53. The standard InChI is InChI=1S/C21H26N4O3/c1-13-20(14(2)28-24-13)18-6-5-9-25(18)12-15-11-22-23-21(15)17-10-16(26-3)7-8-19(17)27-4/h7-8,10-11,18H,5-6,9,12H2,1-4H3,(H,22,23)/t18-/m0/s1. The number of hydrogen-bond acceptors (Lipinski definition) is 6. The van der Waals surface area contributed by atoms with Crippen LogP contribution in [0.4, 0.5) is 0 Å². The van der Waals surface area contributed by atoms with Crippen molar-refractivity contribution in [3.8, 4) is 22.8 Å². The van der Waals surface area contributed by atoms with Crippen LogP contribution in [0, 0.1) is 13.8 Å². The number of nitrogens with one attached hydrogen (secondary N) is 1. The van der Waals surface area contributed by atoms with Crippen LogP contribution in [0.15, 0.2) is 28.9 Å². The summed E-state index contributed by atoms with van der Waals surface area (Å²) < 4.78 is 16.4. The summed E-state index contributed by atoms with van der Waals surface area (Å²) in [6.45, 7) is 5.85. The van der Waals surface area contributed by atoms with Gasteiger partial charge in [-0.15, -0.1) is 0 Å². The van der Waals surface area contributed by atoms with E-state index in [1.54, 1.807) is 14.2 Å². The molecule has 2 aromatic heterocycles. The van der Waals surface area contributed by atoms with Gasteiger partial charge in [-0.1, -0.05) is 5.16 Å². The van der Waals surface area contributed by atoms with Crippen molar-refractivity contribution in [1.82, 2.24) is 20.3 Å². The lowest BCUT2D eigenvalue weighted by Crippen LogP contribution is -2.23. The Hall–Kier alpha value is -2.80. The van der Waals surface area contributed by atoms with Crippen molar-refractivity contribution in [3.63, 3.8) is 0 Å². The van der Waals surface area contributed by atoms with Crippen LogP contribution < -0.4 is 9.47 Å². The van der Waals surface area contributed by atoms with Gasteiger partial charge >= 0.3 is 0 Å². The van der Waals surface area contributed by atoms with Crippen LogP contribution in [0.3, 0.4) is 0 Å². The van der Waals surface area contributed by atoms with Gasteiger partial charge in [0.1, 0.15) is 17.3 Å².